The second-order valence-electron chi connectivity index (χ2n) is 7.75. The third-order valence-corrected chi connectivity index (χ3v) is 7.06. The highest BCUT2D eigenvalue weighted by molar-refractivity contribution is 7.15. The van der Waals surface area contributed by atoms with E-state index in [1.165, 1.54) is 33.8 Å². The molecule has 2 heterocycles. The average Bonchev–Trinajstić information content (AvgIpc) is 3.45. The molecular formula is C24H29N3O4S. The van der Waals surface area contributed by atoms with Crippen LogP contribution in [0.4, 0.5) is 10.5 Å². The molecule has 1 atom stereocenters. The number of anilines is 1. The second kappa shape index (κ2) is 9.56. The highest BCUT2D eigenvalue weighted by Gasteiger charge is 2.26. The summed E-state index contributed by atoms with van der Waals surface area (Å²) in [6.07, 6.45) is 8.70. The van der Waals surface area contributed by atoms with Gasteiger partial charge in [-0.2, -0.15) is 0 Å². The maximum atomic E-state index is 12.9. The summed E-state index contributed by atoms with van der Waals surface area (Å²) >= 11 is 1.84. The van der Waals surface area contributed by atoms with Crippen LogP contribution in [0, 0.1) is 0 Å². The fourth-order valence-corrected chi connectivity index (χ4v) is 5.73. The van der Waals surface area contributed by atoms with Gasteiger partial charge in [0.05, 0.1) is 33.1 Å². The molecule has 2 N–H and O–H groups in total. The number of nitrogens with zero attached hydrogens (tertiary/aromatic N) is 1. The van der Waals surface area contributed by atoms with Crippen molar-refractivity contribution in [3.05, 3.63) is 52.7 Å². The Balaban J connectivity index is 1.57. The lowest BCUT2D eigenvalue weighted by molar-refractivity contribution is 0.249. The van der Waals surface area contributed by atoms with Gasteiger partial charge in [0.15, 0.2) is 11.5 Å². The van der Waals surface area contributed by atoms with E-state index in [0.29, 0.717) is 22.9 Å². The summed E-state index contributed by atoms with van der Waals surface area (Å²) < 4.78 is 18.3. The fraction of sp³-hybridized carbons (Fsp3) is 0.375. The molecule has 1 aliphatic rings. The Morgan fingerprint density at radius 1 is 1.03 bits per heavy atom. The lowest BCUT2D eigenvalue weighted by Gasteiger charge is -2.20. The summed E-state index contributed by atoms with van der Waals surface area (Å²) in [4.78, 5) is 14.3. The number of carbonyl (C=O) groups is 1. The van der Waals surface area contributed by atoms with Crippen LogP contribution in [0.2, 0.25) is 0 Å². The van der Waals surface area contributed by atoms with Crippen molar-refractivity contribution in [3.8, 4) is 22.2 Å². The number of urea groups is 1. The zero-order chi connectivity index (χ0) is 22.7. The van der Waals surface area contributed by atoms with E-state index in [9.17, 15) is 4.79 Å². The van der Waals surface area contributed by atoms with Gasteiger partial charge in [-0.25, -0.2) is 4.79 Å². The summed E-state index contributed by atoms with van der Waals surface area (Å²) in [5.74, 6) is 1.45. The van der Waals surface area contributed by atoms with E-state index in [0.717, 1.165) is 12.8 Å². The average molecular weight is 456 g/mol. The van der Waals surface area contributed by atoms with Crippen molar-refractivity contribution in [3.63, 3.8) is 0 Å². The monoisotopic (exact) mass is 455 g/mol. The summed E-state index contributed by atoms with van der Waals surface area (Å²) in [5, 5.41) is 7.20. The maximum absolute atomic E-state index is 12.9. The molecule has 0 fully saturated rings. The molecule has 3 aromatic rings. The number of rotatable bonds is 7. The highest BCUT2D eigenvalue weighted by Crippen LogP contribution is 2.41. The number of aryl methyl sites for hydroxylation is 1. The second-order valence-corrected chi connectivity index (χ2v) is 8.84. The molecule has 0 radical (unpaired) electrons. The van der Waals surface area contributed by atoms with Gasteiger partial charge in [-0.05, 0) is 50.3 Å². The number of hydrogen-bond donors (Lipinski definition) is 2. The van der Waals surface area contributed by atoms with Gasteiger partial charge in [0, 0.05) is 35.0 Å². The molecule has 0 spiro atoms. The van der Waals surface area contributed by atoms with E-state index in [4.69, 9.17) is 14.2 Å². The van der Waals surface area contributed by atoms with Crippen LogP contribution in [0.3, 0.4) is 0 Å². The Labute approximate surface area is 192 Å². The van der Waals surface area contributed by atoms with E-state index in [1.807, 2.05) is 30.4 Å². The van der Waals surface area contributed by atoms with Crippen LogP contribution in [-0.4, -0.2) is 31.9 Å². The number of aromatic nitrogens is 1. The molecule has 170 valence electrons. The summed E-state index contributed by atoms with van der Waals surface area (Å²) in [7, 11) is 4.64. The van der Waals surface area contributed by atoms with Gasteiger partial charge in [0.2, 0.25) is 5.75 Å². The largest absolute Gasteiger partial charge is 0.493 e. The molecule has 0 saturated carbocycles. The summed E-state index contributed by atoms with van der Waals surface area (Å²) in [6, 6.07) is 7.04. The van der Waals surface area contributed by atoms with Crippen LogP contribution in [0.5, 0.6) is 17.2 Å². The van der Waals surface area contributed by atoms with Crippen molar-refractivity contribution in [1.82, 2.24) is 9.88 Å². The third-order valence-electron chi connectivity index (χ3n) is 5.73. The first-order valence-corrected chi connectivity index (χ1v) is 11.5. The number of fused-ring (bicyclic) bond motifs is 1. The van der Waals surface area contributed by atoms with Crippen molar-refractivity contribution < 1.29 is 19.0 Å². The Morgan fingerprint density at radius 3 is 2.31 bits per heavy atom. The minimum atomic E-state index is -0.291. The number of hydrogen-bond acceptors (Lipinski definition) is 5. The Morgan fingerprint density at radius 2 is 1.69 bits per heavy atom. The van der Waals surface area contributed by atoms with Crippen molar-refractivity contribution in [2.45, 2.75) is 38.6 Å². The standard InChI is InChI=1S/C24H29N3O4S/c1-15(21-17-9-5-6-10-20(17)32-23(21)27-11-7-8-12-27)25-24(28)26-16-13-18(29-2)22(31-4)19(14-16)30-3/h7-8,11-15H,5-6,9-10H2,1-4H3,(H2,25,26,28)/t15-/m1/s1. The number of ether oxygens (including phenoxy) is 3. The van der Waals surface area contributed by atoms with Crippen molar-refractivity contribution in [1.29, 1.82) is 0 Å². The van der Waals surface area contributed by atoms with Crippen LogP contribution >= 0.6 is 11.3 Å². The topological polar surface area (TPSA) is 73.8 Å². The first-order valence-electron chi connectivity index (χ1n) is 10.7. The van der Waals surface area contributed by atoms with Gasteiger partial charge in [-0.1, -0.05) is 0 Å². The molecule has 4 rings (SSSR count). The molecule has 0 bridgehead atoms. The lowest BCUT2D eigenvalue weighted by atomic mass is 9.93. The van der Waals surface area contributed by atoms with Gasteiger partial charge in [-0.15, -0.1) is 11.3 Å². The molecule has 32 heavy (non-hydrogen) atoms. The molecule has 0 unspecified atom stereocenters. The molecule has 7 nitrogen and oxygen atoms in total. The fourth-order valence-electron chi connectivity index (χ4n) is 4.27. The van der Waals surface area contributed by atoms with Gasteiger partial charge in [0.25, 0.3) is 0 Å². The quantitative estimate of drug-likeness (QED) is 0.505. The minimum absolute atomic E-state index is 0.146. The van der Waals surface area contributed by atoms with Crippen LogP contribution < -0.4 is 24.8 Å². The van der Waals surface area contributed by atoms with E-state index >= 15 is 0 Å². The number of thiophene rings is 1. The third kappa shape index (κ3) is 4.27. The van der Waals surface area contributed by atoms with Crippen LogP contribution in [0.1, 0.15) is 41.8 Å². The van der Waals surface area contributed by atoms with Crippen LogP contribution in [0.25, 0.3) is 5.00 Å². The first-order chi connectivity index (χ1) is 15.5. The van der Waals surface area contributed by atoms with Crippen molar-refractivity contribution >= 4 is 23.1 Å². The van der Waals surface area contributed by atoms with Crippen molar-refractivity contribution in [2.75, 3.05) is 26.6 Å². The molecule has 2 amide bonds. The van der Waals surface area contributed by atoms with Crippen molar-refractivity contribution in [2.24, 2.45) is 0 Å². The summed E-state index contributed by atoms with van der Waals surface area (Å²) in [6.45, 7) is 2.04. The normalized spacial score (nSPS) is 13.8. The SMILES string of the molecule is COc1cc(NC(=O)N[C@H](C)c2c(-n3cccc3)sc3c2CCCC3)cc(OC)c1OC. The Bertz CT molecular complexity index is 1070. The van der Waals surface area contributed by atoms with E-state index in [2.05, 4.69) is 27.6 Å². The predicted molar refractivity (Wildman–Crippen MR) is 127 cm³/mol. The molecule has 1 aromatic carbocycles. The van der Waals surface area contributed by atoms with E-state index in [1.54, 1.807) is 33.5 Å². The predicted octanol–water partition coefficient (Wildman–Crippen LogP) is 5.33. The van der Waals surface area contributed by atoms with Gasteiger partial charge < -0.3 is 29.4 Å². The van der Waals surface area contributed by atoms with E-state index in [-0.39, 0.29) is 12.1 Å². The number of methoxy groups -OCH3 is 3. The molecule has 1 aliphatic carbocycles. The first kappa shape index (κ1) is 22.1. The minimum Gasteiger partial charge on any atom is -0.493 e. The van der Waals surface area contributed by atoms with Crippen LogP contribution in [0.15, 0.2) is 36.7 Å². The lowest BCUT2D eigenvalue weighted by Crippen LogP contribution is -2.32. The molecular weight excluding hydrogens is 426 g/mol. The zero-order valence-corrected chi connectivity index (χ0v) is 19.7. The van der Waals surface area contributed by atoms with Crippen LogP contribution in [-0.2, 0) is 12.8 Å². The molecule has 8 heteroatoms. The Hall–Kier alpha value is -3.13. The number of nitrogens with one attached hydrogen (secondary N) is 2. The molecule has 2 aromatic heterocycles. The maximum Gasteiger partial charge on any atom is 0.319 e. The van der Waals surface area contributed by atoms with Gasteiger partial charge in [-0.3, -0.25) is 0 Å². The molecule has 0 aliphatic heterocycles. The summed E-state index contributed by atoms with van der Waals surface area (Å²) in [5.41, 5.74) is 3.16. The number of carbonyl (C=O) groups excluding carboxylic acids is 1. The van der Waals surface area contributed by atoms with Gasteiger partial charge in [0.1, 0.15) is 5.00 Å². The highest BCUT2D eigenvalue weighted by atomic mass is 32.1. The smallest absolute Gasteiger partial charge is 0.319 e. The van der Waals surface area contributed by atoms with E-state index < -0.39 is 0 Å². The number of amides is 2. The Kier molecular flexibility index (Phi) is 6.60. The van der Waals surface area contributed by atoms with Gasteiger partial charge >= 0.3 is 6.03 Å². The zero-order valence-electron chi connectivity index (χ0n) is 18.9. The molecule has 0 saturated heterocycles. The number of benzene rings is 1.